The fourth-order valence-electron chi connectivity index (χ4n) is 2.04. The lowest BCUT2D eigenvalue weighted by Gasteiger charge is -2.09. The molecule has 0 aliphatic carbocycles. The lowest BCUT2D eigenvalue weighted by Crippen LogP contribution is -2.01. The van der Waals surface area contributed by atoms with Crippen molar-refractivity contribution in [2.45, 2.75) is 24.2 Å². The summed E-state index contributed by atoms with van der Waals surface area (Å²) in [5, 5.41) is 0. The van der Waals surface area contributed by atoms with Gasteiger partial charge in [-0.3, -0.25) is 0 Å². The summed E-state index contributed by atoms with van der Waals surface area (Å²) in [4.78, 5) is 9.55. The number of hydrogen-bond donors (Lipinski definition) is 0. The van der Waals surface area contributed by atoms with Crippen LogP contribution < -0.4 is 0 Å². The molecule has 2 aromatic rings. The Morgan fingerprint density at radius 3 is 2.32 bits per heavy atom. The largest absolute Gasteiger partial charge is 0.248 e. The molecule has 1 aromatic heterocycles. The van der Waals surface area contributed by atoms with Crippen molar-refractivity contribution in [3.63, 3.8) is 0 Å². The molecule has 0 fully saturated rings. The first-order valence-corrected chi connectivity index (χ1v) is 9.11. The highest BCUT2D eigenvalue weighted by Gasteiger charge is 2.08. The van der Waals surface area contributed by atoms with Crippen LogP contribution in [0.2, 0.25) is 6.30 Å². The SMILES string of the molecule is [2H]C(B)Cc1ccc2nc(CSC)c(CSC)nc2c1. The second-order valence-corrected chi connectivity index (χ2v) is 6.15. The number of thioether (sulfide) groups is 2. The van der Waals surface area contributed by atoms with Crippen molar-refractivity contribution in [2.24, 2.45) is 0 Å². The van der Waals surface area contributed by atoms with Crippen LogP contribution in [0.1, 0.15) is 18.3 Å². The van der Waals surface area contributed by atoms with E-state index in [4.69, 9.17) is 11.3 Å². The van der Waals surface area contributed by atoms with Crippen LogP contribution in [-0.2, 0) is 17.9 Å². The minimum Gasteiger partial charge on any atom is -0.248 e. The molecule has 5 heteroatoms. The fraction of sp³-hybridized carbons (Fsp3) is 0.429. The predicted octanol–water partition coefficient (Wildman–Crippen LogP) is 2.95. The number of nitrogens with zero attached hydrogens (tertiary/aromatic N) is 2. The molecule has 1 atom stereocenters. The Kier molecular flexibility index (Phi) is 5.04. The van der Waals surface area contributed by atoms with Gasteiger partial charge in [-0.2, -0.15) is 23.5 Å². The summed E-state index contributed by atoms with van der Waals surface area (Å²) < 4.78 is 7.68. The topological polar surface area (TPSA) is 25.8 Å². The average Bonchev–Trinajstić information content (AvgIpc) is 2.39. The third-order valence-electron chi connectivity index (χ3n) is 2.89. The summed E-state index contributed by atoms with van der Waals surface area (Å²) in [5.41, 5.74) is 5.27. The molecule has 0 radical (unpaired) electrons. The maximum atomic E-state index is 7.68. The summed E-state index contributed by atoms with van der Waals surface area (Å²) in [5.74, 6) is 1.81. The smallest absolute Gasteiger partial charge is 0.101 e. The van der Waals surface area contributed by atoms with E-state index in [1.165, 1.54) is 5.56 Å². The van der Waals surface area contributed by atoms with Gasteiger partial charge in [-0.05, 0) is 36.6 Å². The normalized spacial score (nSPS) is 13.5. The first-order chi connectivity index (χ1) is 9.63. The van der Waals surface area contributed by atoms with E-state index >= 15 is 0 Å². The van der Waals surface area contributed by atoms with Crippen LogP contribution in [0.3, 0.4) is 0 Å². The zero-order valence-electron chi connectivity index (χ0n) is 12.6. The number of hydrogen-bond acceptors (Lipinski definition) is 4. The van der Waals surface area contributed by atoms with E-state index in [1.54, 1.807) is 23.5 Å². The van der Waals surface area contributed by atoms with E-state index in [0.717, 1.165) is 40.3 Å². The Morgan fingerprint density at radius 2 is 1.74 bits per heavy atom. The number of rotatable bonds is 6. The van der Waals surface area contributed by atoms with Gasteiger partial charge in [-0.1, -0.05) is 12.4 Å². The van der Waals surface area contributed by atoms with Crippen molar-refractivity contribution < 1.29 is 1.37 Å². The van der Waals surface area contributed by atoms with E-state index in [1.807, 2.05) is 13.9 Å². The Labute approximate surface area is 126 Å². The molecular formula is C14H19BN2S2. The molecule has 2 nitrogen and oxygen atoms in total. The fourth-order valence-corrected chi connectivity index (χ4v) is 3.05. The first kappa shape index (κ1) is 13.3. The van der Waals surface area contributed by atoms with Crippen LogP contribution >= 0.6 is 23.5 Å². The van der Waals surface area contributed by atoms with Gasteiger partial charge in [0.25, 0.3) is 0 Å². The summed E-state index contributed by atoms with van der Waals surface area (Å²) in [6, 6.07) is 6.19. The van der Waals surface area contributed by atoms with Crippen LogP contribution in [0.25, 0.3) is 11.0 Å². The van der Waals surface area contributed by atoms with E-state index in [0.29, 0.717) is 0 Å². The number of aryl methyl sites for hydroxylation is 1. The van der Waals surface area contributed by atoms with Gasteiger partial charge < -0.3 is 0 Å². The summed E-state index contributed by atoms with van der Waals surface area (Å²) in [6.45, 7) is 0. The summed E-state index contributed by atoms with van der Waals surface area (Å²) >= 11 is 3.55. The molecule has 1 unspecified atom stereocenters. The molecule has 100 valence electrons. The highest BCUT2D eigenvalue weighted by atomic mass is 32.2. The Bertz CT molecular complexity index is 593. The minimum atomic E-state index is -0.0816. The molecule has 0 saturated carbocycles. The molecule has 0 aliphatic rings. The molecule has 0 spiro atoms. The number of fused-ring (bicyclic) bond motifs is 1. The quantitative estimate of drug-likeness (QED) is 0.764. The Hall–Kier alpha value is -0.675. The lowest BCUT2D eigenvalue weighted by molar-refractivity contribution is 1.06. The van der Waals surface area contributed by atoms with Crippen LogP contribution in [0.5, 0.6) is 0 Å². The van der Waals surface area contributed by atoms with Gasteiger partial charge in [0, 0.05) is 12.9 Å². The van der Waals surface area contributed by atoms with E-state index in [-0.39, 0.29) is 6.30 Å². The van der Waals surface area contributed by atoms with Crippen molar-refractivity contribution in [1.82, 2.24) is 9.97 Å². The van der Waals surface area contributed by atoms with E-state index < -0.39 is 0 Å². The predicted molar refractivity (Wildman–Crippen MR) is 91.0 cm³/mol. The van der Waals surface area contributed by atoms with Crippen molar-refractivity contribution in [2.75, 3.05) is 12.5 Å². The molecule has 0 saturated heterocycles. The van der Waals surface area contributed by atoms with Crippen molar-refractivity contribution in [3.8, 4) is 0 Å². The average molecular weight is 291 g/mol. The standard InChI is InChI=1S/C14H19BN2S2/c1-18-8-13-14(9-19-2)17-12-7-10(5-6-15)3-4-11(12)16-13/h3-4,7H,5-6,8-9,15H2,1-2H3/i6D. The molecule has 0 amide bonds. The lowest BCUT2D eigenvalue weighted by atomic mass is 9.97. The van der Waals surface area contributed by atoms with Gasteiger partial charge >= 0.3 is 0 Å². The van der Waals surface area contributed by atoms with E-state index in [2.05, 4.69) is 24.6 Å². The van der Waals surface area contributed by atoms with Crippen LogP contribution in [0.4, 0.5) is 0 Å². The van der Waals surface area contributed by atoms with Crippen molar-refractivity contribution in [3.05, 3.63) is 35.2 Å². The molecule has 2 rings (SSSR count). The van der Waals surface area contributed by atoms with Gasteiger partial charge in [-0.25, -0.2) is 9.97 Å². The van der Waals surface area contributed by atoms with Crippen LogP contribution in [0.15, 0.2) is 18.2 Å². The molecule has 1 aromatic carbocycles. The van der Waals surface area contributed by atoms with Gasteiger partial charge in [0.2, 0.25) is 0 Å². The maximum Gasteiger partial charge on any atom is 0.101 e. The number of aromatic nitrogens is 2. The van der Waals surface area contributed by atoms with Crippen LogP contribution in [0, 0.1) is 0 Å². The van der Waals surface area contributed by atoms with Gasteiger partial charge in [-0.15, -0.1) is 0 Å². The third kappa shape index (κ3) is 3.66. The zero-order valence-corrected chi connectivity index (χ0v) is 13.3. The number of benzene rings is 1. The molecular weight excluding hydrogens is 271 g/mol. The second kappa shape index (κ2) is 7.20. The molecule has 19 heavy (non-hydrogen) atoms. The molecule has 0 bridgehead atoms. The summed E-state index contributed by atoms with van der Waals surface area (Å²) in [6.07, 6.45) is 4.87. The van der Waals surface area contributed by atoms with Crippen molar-refractivity contribution >= 4 is 42.4 Å². The highest BCUT2D eigenvalue weighted by molar-refractivity contribution is 7.98. The minimum absolute atomic E-state index is 0.0816. The Balaban J connectivity index is 2.44. The summed E-state index contributed by atoms with van der Waals surface area (Å²) in [7, 11) is 1.91. The van der Waals surface area contributed by atoms with E-state index in [9.17, 15) is 0 Å². The second-order valence-electron chi connectivity index (χ2n) is 4.42. The van der Waals surface area contributed by atoms with Crippen LogP contribution in [-0.4, -0.2) is 30.3 Å². The Morgan fingerprint density at radius 1 is 1.11 bits per heavy atom. The van der Waals surface area contributed by atoms with Gasteiger partial charge in [0.05, 0.1) is 22.4 Å². The highest BCUT2D eigenvalue weighted by Crippen LogP contribution is 2.21. The molecule has 0 aliphatic heterocycles. The van der Waals surface area contributed by atoms with Gasteiger partial charge in [0.15, 0.2) is 0 Å². The van der Waals surface area contributed by atoms with Gasteiger partial charge in [0.1, 0.15) is 7.85 Å². The third-order valence-corrected chi connectivity index (χ3v) is 4.01. The monoisotopic (exact) mass is 291 g/mol. The maximum absolute atomic E-state index is 7.68. The van der Waals surface area contributed by atoms with Crippen molar-refractivity contribution in [1.29, 1.82) is 0 Å². The first-order valence-electron chi connectivity index (χ1n) is 6.90. The molecule has 0 N–H and O–H groups in total. The zero-order chi connectivity index (χ0) is 14.5. The molecule has 1 heterocycles.